The van der Waals surface area contributed by atoms with Crippen molar-refractivity contribution in [3.63, 3.8) is 0 Å². The van der Waals surface area contributed by atoms with E-state index in [9.17, 15) is 8.42 Å². The van der Waals surface area contributed by atoms with Gasteiger partial charge in [-0.15, -0.1) is 0 Å². The highest BCUT2D eigenvalue weighted by Gasteiger charge is 2.01. The number of rotatable bonds is 4. The van der Waals surface area contributed by atoms with E-state index < -0.39 is 9.84 Å². The fourth-order valence-electron chi connectivity index (χ4n) is 0.778. The average Bonchev–Trinajstić information content (AvgIpc) is 2.04. The zero-order valence-corrected chi connectivity index (χ0v) is 8.17. The van der Waals surface area contributed by atoms with Crippen molar-refractivity contribution < 1.29 is 13.2 Å². The highest BCUT2D eigenvalue weighted by Crippen LogP contribution is 2.07. The monoisotopic (exact) mass is 199 g/mol. The molecule has 0 aliphatic rings. The van der Waals surface area contributed by atoms with E-state index in [1.54, 1.807) is 24.3 Å². The van der Waals surface area contributed by atoms with E-state index in [0.717, 1.165) is 0 Å². The molecule has 3 nitrogen and oxygen atoms in total. The molecule has 0 saturated carbocycles. The highest BCUT2D eigenvalue weighted by atomic mass is 32.2. The first-order valence-corrected chi connectivity index (χ1v) is 5.90. The first-order chi connectivity index (χ1) is 6.08. The average molecular weight is 199 g/mol. The lowest BCUT2D eigenvalue weighted by Crippen LogP contribution is -2.11. The Hall–Kier alpha value is -1.03. The van der Waals surface area contributed by atoms with Gasteiger partial charge in [0.2, 0.25) is 0 Å². The summed E-state index contributed by atoms with van der Waals surface area (Å²) in [6.07, 6.45) is 1.19. The van der Waals surface area contributed by atoms with Crippen LogP contribution in [0.1, 0.15) is 0 Å². The largest absolute Gasteiger partial charge is 0.493 e. The number of hydrogen-bond acceptors (Lipinski definition) is 3. The van der Waals surface area contributed by atoms with Crippen LogP contribution in [0, 0.1) is 6.07 Å². The van der Waals surface area contributed by atoms with Gasteiger partial charge in [-0.05, 0) is 18.2 Å². The minimum atomic E-state index is -2.93. The standard InChI is InChI=1S/C9H11O3S/c1-13(10,11)8-7-12-9-5-3-2-4-6-9/h2-3,5-6H,7-8H2,1H3. The first-order valence-electron chi connectivity index (χ1n) is 3.84. The Morgan fingerprint density at radius 1 is 1.54 bits per heavy atom. The molecule has 0 aromatic heterocycles. The Bertz CT molecular complexity index is 342. The number of sulfone groups is 1. The number of ether oxygens (including phenoxy) is 1. The van der Waals surface area contributed by atoms with Gasteiger partial charge in [0, 0.05) is 6.26 Å². The van der Waals surface area contributed by atoms with Gasteiger partial charge in [0.1, 0.15) is 12.4 Å². The van der Waals surface area contributed by atoms with Crippen LogP contribution < -0.4 is 4.74 Å². The predicted octanol–water partition coefficient (Wildman–Crippen LogP) is 0.910. The minimum Gasteiger partial charge on any atom is -0.493 e. The molecule has 0 fully saturated rings. The quantitative estimate of drug-likeness (QED) is 0.724. The Morgan fingerprint density at radius 3 is 2.85 bits per heavy atom. The predicted molar refractivity (Wildman–Crippen MR) is 50.5 cm³/mol. The van der Waals surface area contributed by atoms with E-state index in [1.165, 1.54) is 6.26 Å². The Kier molecular flexibility index (Phi) is 3.31. The third-order valence-electron chi connectivity index (χ3n) is 1.40. The summed E-state index contributed by atoms with van der Waals surface area (Å²) < 4.78 is 26.6. The van der Waals surface area contributed by atoms with Crippen molar-refractivity contribution in [2.24, 2.45) is 0 Å². The zero-order chi connectivity index (χ0) is 9.73. The lowest BCUT2D eigenvalue weighted by Gasteiger charge is -2.03. The molecule has 13 heavy (non-hydrogen) atoms. The summed E-state index contributed by atoms with van der Waals surface area (Å²) >= 11 is 0. The van der Waals surface area contributed by atoms with Crippen LogP contribution >= 0.6 is 0 Å². The molecule has 1 aromatic carbocycles. The molecule has 0 amide bonds. The maximum absolute atomic E-state index is 10.7. The van der Waals surface area contributed by atoms with Crippen molar-refractivity contribution in [1.82, 2.24) is 0 Å². The molecule has 0 N–H and O–H groups in total. The molecule has 71 valence electrons. The fourth-order valence-corrected chi connectivity index (χ4v) is 1.16. The van der Waals surface area contributed by atoms with Crippen LogP contribution in [0.4, 0.5) is 0 Å². The first kappa shape index (κ1) is 10.1. The molecular weight excluding hydrogens is 188 g/mol. The van der Waals surface area contributed by atoms with E-state index in [-0.39, 0.29) is 12.4 Å². The topological polar surface area (TPSA) is 43.4 Å². The van der Waals surface area contributed by atoms with Crippen molar-refractivity contribution >= 4 is 9.84 Å². The van der Waals surface area contributed by atoms with Crippen LogP contribution in [-0.2, 0) is 9.84 Å². The van der Waals surface area contributed by atoms with Crippen LogP contribution in [-0.4, -0.2) is 27.0 Å². The molecule has 0 atom stereocenters. The summed E-state index contributed by atoms with van der Waals surface area (Å²) in [7, 11) is -2.93. The van der Waals surface area contributed by atoms with Gasteiger partial charge in [-0.3, -0.25) is 0 Å². The third kappa shape index (κ3) is 4.52. The van der Waals surface area contributed by atoms with Crippen molar-refractivity contribution in [2.45, 2.75) is 0 Å². The third-order valence-corrected chi connectivity index (χ3v) is 2.31. The SMILES string of the molecule is CS(=O)(=O)CCOc1c[c]ccc1. The maximum atomic E-state index is 10.7. The van der Waals surface area contributed by atoms with E-state index in [2.05, 4.69) is 6.07 Å². The van der Waals surface area contributed by atoms with Crippen molar-refractivity contribution in [3.8, 4) is 5.75 Å². The molecule has 4 heteroatoms. The van der Waals surface area contributed by atoms with E-state index in [0.29, 0.717) is 5.75 Å². The second-order valence-electron chi connectivity index (χ2n) is 2.72. The van der Waals surface area contributed by atoms with Gasteiger partial charge in [0.15, 0.2) is 9.84 Å². The van der Waals surface area contributed by atoms with Gasteiger partial charge in [-0.1, -0.05) is 12.1 Å². The second-order valence-corrected chi connectivity index (χ2v) is 4.98. The molecule has 0 saturated heterocycles. The van der Waals surface area contributed by atoms with Gasteiger partial charge in [-0.25, -0.2) is 8.42 Å². The maximum Gasteiger partial charge on any atom is 0.150 e. The fraction of sp³-hybridized carbons (Fsp3) is 0.333. The molecule has 1 rings (SSSR count). The molecule has 0 unspecified atom stereocenters. The van der Waals surface area contributed by atoms with Crippen molar-refractivity contribution in [1.29, 1.82) is 0 Å². The van der Waals surface area contributed by atoms with Gasteiger partial charge in [0.05, 0.1) is 5.75 Å². The molecular formula is C9H11O3S. The molecule has 0 aliphatic carbocycles. The van der Waals surface area contributed by atoms with Gasteiger partial charge < -0.3 is 4.74 Å². The summed E-state index contributed by atoms with van der Waals surface area (Å²) in [5.41, 5.74) is 0. The van der Waals surface area contributed by atoms with Gasteiger partial charge in [0.25, 0.3) is 0 Å². The Labute approximate surface area is 78.3 Å². The van der Waals surface area contributed by atoms with Crippen molar-refractivity contribution in [3.05, 3.63) is 30.3 Å². The molecule has 0 bridgehead atoms. The molecule has 0 spiro atoms. The van der Waals surface area contributed by atoms with E-state index in [1.807, 2.05) is 0 Å². The Balaban J connectivity index is 2.37. The number of benzene rings is 1. The zero-order valence-electron chi connectivity index (χ0n) is 7.36. The highest BCUT2D eigenvalue weighted by molar-refractivity contribution is 7.90. The van der Waals surface area contributed by atoms with Crippen LogP contribution in [0.25, 0.3) is 0 Å². The minimum absolute atomic E-state index is 0.0435. The van der Waals surface area contributed by atoms with Crippen LogP contribution in [0.5, 0.6) is 5.75 Å². The second kappa shape index (κ2) is 4.28. The Morgan fingerprint density at radius 2 is 2.31 bits per heavy atom. The lowest BCUT2D eigenvalue weighted by molar-refractivity contribution is 0.341. The van der Waals surface area contributed by atoms with Crippen LogP contribution in [0.3, 0.4) is 0 Å². The summed E-state index contributed by atoms with van der Waals surface area (Å²) in [6.45, 7) is 0.191. The molecule has 1 radical (unpaired) electrons. The summed E-state index contributed by atoms with van der Waals surface area (Å²) in [5.74, 6) is 0.688. The molecule has 0 heterocycles. The number of hydrogen-bond donors (Lipinski definition) is 0. The van der Waals surface area contributed by atoms with Crippen molar-refractivity contribution in [2.75, 3.05) is 18.6 Å². The molecule has 0 aliphatic heterocycles. The van der Waals surface area contributed by atoms with Crippen LogP contribution in [0.2, 0.25) is 0 Å². The lowest BCUT2D eigenvalue weighted by atomic mass is 10.3. The normalized spacial score (nSPS) is 11.2. The summed E-state index contributed by atoms with van der Waals surface area (Å²) in [6, 6.07) is 9.81. The van der Waals surface area contributed by atoms with Crippen LogP contribution in [0.15, 0.2) is 24.3 Å². The van der Waals surface area contributed by atoms with Gasteiger partial charge in [-0.2, -0.15) is 0 Å². The summed E-state index contributed by atoms with van der Waals surface area (Å²) in [4.78, 5) is 0. The molecule has 1 aromatic rings. The smallest absolute Gasteiger partial charge is 0.150 e. The van der Waals surface area contributed by atoms with Gasteiger partial charge >= 0.3 is 0 Å². The van der Waals surface area contributed by atoms with E-state index >= 15 is 0 Å². The summed E-state index contributed by atoms with van der Waals surface area (Å²) in [5, 5.41) is 0. The van der Waals surface area contributed by atoms with E-state index in [4.69, 9.17) is 4.74 Å².